The first-order valence-corrected chi connectivity index (χ1v) is 8.31. The van der Waals surface area contributed by atoms with Crippen LogP contribution < -0.4 is 0 Å². The van der Waals surface area contributed by atoms with Crippen LogP contribution in [0.15, 0.2) is 39.6 Å². The normalized spacial score (nSPS) is 18.7. The number of furan rings is 1. The van der Waals surface area contributed by atoms with Gasteiger partial charge in [0.2, 0.25) is 6.39 Å². The molecule has 0 radical (unpaired) electrons. The van der Waals surface area contributed by atoms with Crippen LogP contribution in [0.2, 0.25) is 0 Å². The van der Waals surface area contributed by atoms with E-state index < -0.39 is 0 Å². The van der Waals surface area contributed by atoms with Crippen LogP contribution in [0.1, 0.15) is 53.7 Å². The molecule has 0 spiro atoms. The molecule has 4 rings (SSSR count). The van der Waals surface area contributed by atoms with Crippen molar-refractivity contribution in [3.63, 3.8) is 0 Å². The van der Waals surface area contributed by atoms with Gasteiger partial charge in [-0.1, -0.05) is 36.2 Å². The van der Waals surface area contributed by atoms with Crippen LogP contribution in [-0.2, 0) is 0 Å². The Labute approximate surface area is 139 Å². The van der Waals surface area contributed by atoms with Crippen LogP contribution in [0.25, 0.3) is 11.0 Å². The number of amides is 1. The molecule has 124 valence electrons. The molecular weight excluding hydrogens is 306 g/mol. The molecule has 0 N–H and O–H groups in total. The van der Waals surface area contributed by atoms with Crippen molar-refractivity contribution >= 4 is 16.9 Å². The molecule has 1 atom stereocenters. The fourth-order valence-electron chi connectivity index (χ4n) is 3.52. The van der Waals surface area contributed by atoms with Crippen molar-refractivity contribution < 1.29 is 13.7 Å². The van der Waals surface area contributed by atoms with Crippen LogP contribution in [-0.4, -0.2) is 27.5 Å². The largest absolute Gasteiger partial charge is 0.461 e. The van der Waals surface area contributed by atoms with E-state index in [0.717, 1.165) is 36.7 Å². The number of carbonyl (C=O) groups excluding carboxylic acids is 1. The molecule has 2 aromatic heterocycles. The molecular formula is C18H19N3O3. The number of benzene rings is 1. The number of aryl methyl sites for hydroxylation is 1. The molecule has 1 aliphatic rings. The molecule has 6 nitrogen and oxygen atoms in total. The highest BCUT2D eigenvalue weighted by Crippen LogP contribution is 2.33. The van der Waals surface area contributed by atoms with Gasteiger partial charge in [-0.2, -0.15) is 4.98 Å². The molecule has 1 aliphatic heterocycles. The van der Waals surface area contributed by atoms with E-state index >= 15 is 0 Å². The van der Waals surface area contributed by atoms with Gasteiger partial charge < -0.3 is 13.8 Å². The summed E-state index contributed by atoms with van der Waals surface area (Å²) in [5.41, 5.74) is 1.38. The molecule has 24 heavy (non-hydrogen) atoms. The zero-order chi connectivity index (χ0) is 16.5. The number of nitrogens with zero attached hydrogens (tertiary/aromatic N) is 3. The summed E-state index contributed by atoms with van der Waals surface area (Å²) < 4.78 is 10.7. The highest BCUT2D eigenvalue weighted by atomic mass is 16.5. The third-order valence-corrected chi connectivity index (χ3v) is 4.68. The fraction of sp³-hybridized carbons (Fsp3) is 0.389. The molecule has 1 unspecified atom stereocenters. The standard InChI is InChI=1S/C18H19N3O3/c1-12-16(13-7-4-5-9-15(13)24-12)18(22)21-10-6-2-3-8-14(21)17-19-11-23-20-17/h4-5,7,9,11,14H,2-3,6,8,10H2,1H3. The molecule has 0 saturated carbocycles. The maximum Gasteiger partial charge on any atom is 0.258 e. The van der Waals surface area contributed by atoms with Crippen LogP contribution in [0, 0.1) is 6.92 Å². The van der Waals surface area contributed by atoms with Crippen LogP contribution in [0.3, 0.4) is 0 Å². The van der Waals surface area contributed by atoms with Gasteiger partial charge in [-0.05, 0) is 25.8 Å². The van der Waals surface area contributed by atoms with E-state index in [4.69, 9.17) is 8.94 Å². The Morgan fingerprint density at radius 1 is 1.25 bits per heavy atom. The summed E-state index contributed by atoms with van der Waals surface area (Å²) >= 11 is 0. The molecule has 3 heterocycles. The van der Waals surface area contributed by atoms with Crippen molar-refractivity contribution in [2.45, 2.75) is 38.6 Å². The number of hydrogen-bond donors (Lipinski definition) is 0. The van der Waals surface area contributed by atoms with E-state index in [1.165, 1.54) is 6.39 Å². The van der Waals surface area contributed by atoms with Crippen LogP contribution >= 0.6 is 0 Å². The minimum absolute atomic E-state index is 0.0193. The predicted molar refractivity (Wildman–Crippen MR) is 87.5 cm³/mol. The number of carbonyl (C=O) groups is 1. The first kappa shape index (κ1) is 14.9. The van der Waals surface area contributed by atoms with E-state index in [-0.39, 0.29) is 11.9 Å². The van der Waals surface area contributed by atoms with Gasteiger partial charge in [-0.3, -0.25) is 4.79 Å². The minimum Gasteiger partial charge on any atom is -0.461 e. The van der Waals surface area contributed by atoms with Gasteiger partial charge in [0.05, 0.1) is 11.6 Å². The average molecular weight is 325 g/mol. The van der Waals surface area contributed by atoms with Gasteiger partial charge in [0.25, 0.3) is 5.91 Å². The van der Waals surface area contributed by atoms with Gasteiger partial charge >= 0.3 is 0 Å². The molecule has 0 bridgehead atoms. The van der Waals surface area contributed by atoms with E-state index in [2.05, 4.69) is 10.1 Å². The molecule has 0 aliphatic carbocycles. The second-order valence-electron chi connectivity index (χ2n) is 6.18. The molecule has 1 saturated heterocycles. The zero-order valence-corrected chi connectivity index (χ0v) is 13.6. The van der Waals surface area contributed by atoms with Gasteiger partial charge in [-0.15, -0.1) is 0 Å². The van der Waals surface area contributed by atoms with Gasteiger partial charge in [-0.25, -0.2) is 0 Å². The number of rotatable bonds is 2. The van der Waals surface area contributed by atoms with Crippen molar-refractivity contribution in [2.24, 2.45) is 0 Å². The number of para-hydroxylation sites is 1. The first-order chi connectivity index (χ1) is 11.8. The Morgan fingerprint density at radius 3 is 2.96 bits per heavy atom. The SMILES string of the molecule is Cc1oc2ccccc2c1C(=O)N1CCCCCC1c1ncon1. The molecule has 1 fully saturated rings. The zero-order valence-electron chi connectivity index (χ0n) is 13.6. The lowest BCUT2D eigenvalue weighted by atomic mass is 10.1. The molecule has 1 amide bonds. The lowest BCUT2D eigenvalue weighted by Gasteiger charge is -2.27. The summed E-state index contributed by atoms with van der Waals surface area (Å²) in [5.74, 6) is 1.21. The van der Waals surface area contributed by atoms with Crippen LogP contribution in [0.5, 0.6) is 0 Å². The Balaban J connectivity index is 1.76. The van der Waals surface area contributed by atoms with E-state index in [0.29, 0.717) is 23.7 Å². The van der Waals surface area contributed by atoms with Crippen molar-refractivity contribution in [1.82, 2.24) is 15.0 Å². The van der Waals surface area contributed by atoms with Crippen molar-refractivity contribution in [3.8, 4) is 0 Å². The fourth-order valence-corrected chi connectivity index (χ4v) is 3.52. The van der Waals surface area contributed by atoms with Gasteiger partial charge in [0, 0.05) is 11.9 Å². The average Bonchev–Trinajstić information content (AvgIpc) is 3.15. The topological polar surface area (TPSA) is 72.4 Å². The second-order valence-corrected chi connectivity index (χ2v) is 6.18. The Morgan fingerprint density at radius 2 is 2.12 bits per heavy atom. The lowest BCUT2D eigenvalue weighted by molar-refractivity contribution is 0.0670. The number of aromatic nitrogens is 2. The number of fused-ring (bicyclic) bond motifs is 1. The molecule has 6 heteroatoms. The third kappa shape index (κ3) is 2.48. The summed E-state index contributed by atoms with van der Waals surface area (Å²) in [5, 5.41) is 4.83. The van der Waals surface area contributed by atoms with Gasteiger partial charge in [0.15, 0.2) is 5.82 Å². The van der Waals surface area contributed by atoms with Crippen molar-refractivity contribution in [2.75, 3.05) is 6.54 Å². The number of hydrogen-bond acceptors (Lipinski definition) is 5. The van der Waals surface area contributed by atoms with E-state index in [1.807, 2.05) is 36.1 Å². The minimum atomic E-state index is -0.146. The van der Waals surface area contributed by atoms with Gasteiger partial charge in [0.1, 0.15) is 11.3 Å². The van der Waals surface area contributed by atoms with Crippen molar-refractivity contribution in [1.29, 1.82) is 0 Å². The summed E-state index contributed by atoms with van der Waals surface area (Å²) in [4.78, 5) is 19.4. The molecule has 1 aromatic carbocycles. The quantitative estimate of drug-likeness (QED) is 0.715. The summed E-state index contributed by atoms with van der Waals surface area (Å²) in [6.45, 7) is 2.53. The Bertz CT molecular complexity index is 854. The highest BCUT2D eigenvalue weighted by Gasteiger charge is 2.32. The third-order valence-electron chi connectivity index (χ3n) is 4.68. The summed E-state index contributed by atoms with van der Waals surface area (Å²) in [7, 11) is 0. The lowest BCUT2D eigenvalue weighted by Crippen LogP contribution is -2.35. The highest BCUT2D eigenvalue weighted by molar-refractivity contribution is 6.07. The van der Waals surface area contributed by atoms with Crippen molar-refractivity contribution in [3.05, 3.63) is 47.8 Å². The van der Waals surface area contributed by atoms with Crippen LogP contribution in [0.4, 0.5) is 0 Å². The maximum absolute atomic E-state index is 13.3. The number of likely N-dealkylation sites (tertiary alicyclic amines) is 1. The predicted octanol–water partition coefficient (Wildman–Crippen LogP) is 3.88. The summed E-state index contributed by atoms with van der Waals surface area (Å²) in [6.07, 6.45) is 5.30. The first-order valence-electron chi connectivity index (χ1n) is 8.31. The molecule has 3 aromatic rings. The monoisotopic (exact) mass is 325 g/mol. The maximum atomic E-state index is 13.3. The van der Waals surface area contributed by atoms with E-state index in [9.17, 15) is 4.79 Å². The van der Waals surface area contributed by atoms with E-state index in [1.54, 1.807) is 0 Å². The summed E-state index contributed by atoms with van der Waals surface area (Å²) in [6, 6.07) is 7.51. The Kier molecular flexibility index (Phi) is 3.80. The second kappa shape index (κ2) is 6.11. The smallest absolute Gasteiger partial charge is 0.258 e. The Hall–Kier alpha value is -2.63.